The number of likely N-dealkylation sites (N-methyl/N-ethyl adjacent to an activating group) is 1. The average molecular weight is 266 g/mol. The Bertz CT molecular complexity index is 488. The molecular weight excluding hydrogens is 248 g/mol. The maximum atomic E-state index is 11.5. The molecule has 0 amide bonds. The lowest BCUT2D eigenvalue weighted by molar-refractivity contribution is -0.385. The van der Waals surface area contributed by atoms with Crippen molar-refractivity contribution in [2.75, 3.05) is 25.6 Å². The number of rotatable bonds is 6. The fourth-order valence-electron chi connectivity index (χ4n) is 1.77. The molecular formula is C13H18N2O4. The highest BCUT2D eigenvalue weighted by Crippen LogP contribution is 2.25. The van der Waals surface area contributed by atoms with Crippen LogP contribution < -0.4 is 4.90 Å². The molecule has 0 saturated carbocycles. The fraction of sp³-hybridized carbons (Fsp3) is 0.462. The van der Waals surface area contributed by atoms with E-state index in [9.17, 15) is 14.9 Å². The molecule has 1 aromatic carbocycles. The number of methoxy groups -OCH3 is 1. The van der Waals surface area contributed by atoms with Crippen LogP contribution in [0.1, 0.15) is 24.2 Å². The lowest BCUT2D eigenvalue weighted by Gasteiger charge is -2.23. The van der Waals surface area contributed by atoms with Crippen molar-refractivity contribution in [2.45, 2.75) is 20.0 Å². The first-order chi connectivity index (χ1) is 8.86. The summed E-state index contributed by atoms with van der Waals surface area (Å²) in [5.41, 5.74) is 0.712. The molecule has 0 aliphatic carbocycles. The Morgan fingerprint density at radius 1 is 1.53 bits per heavy atom. The highest BCUT2D eigenvalue weighted by Gasteiger charge is 2.19. The number of ether oxygens (including phenoxy) is 1. The zero-order valence-corrected chi connectivity index (χ0v) is 11.5. The van der Waals surface area contributed by atoms with Crippen molar-refractivity contribution in [3.05, 3.63) is 33.9 Å². The van der Waals surface area contributed by atoms with E-state index in [0.29, 0.717) is 6.54 Å². The standard InChI is InChI=1S/C13H18N2O4/c1-9(19-4)8-14(3)11-5-6-13(15(17)18)12(7-11)10(2)16/h5-7,9H,8H2,1-4H3. The summed E-state index contributed by atoms with van der Waals surface area (Å²) < 4.78 is 5.17. The largest absolute Gasteiger partial charge is 0.380 e. The first-order valence-electron chi connectivity index (χ1n) is 5.90. The summed E-state index contributed by atoms with van der Waals surface area (Å²) in [6, 6.07) is 4.54. The van der Waals surface area contributed by atoms with Gasteiger partial charge in [0.1, 0.15) is 0 Å². The number of Topliss-reactive ketones (excluding diaryl/α,β-unsaturated/α-hetero) is 1. The average Bonchev–Trinajstić information content (AvgIpc) is 2.37. The van der Waals surface area contributed by atoms with Gasteiger partial charge in [-0.25, -0.2) is 0 Å². The Morgan fingerprint density at radius 3 is 2.63 bits per heavy atom. The summed E-state index contributed by atoms with van der Waals surface area (Å²) >= 11 is 0. The molecule has 0 aromatic heterocycles. The van der Waals surface area contributed by atoms with Crippen LogP contribution >= 0.6 is 0 Å². The monoisotopic (exact) mass is 266 g/mol. The highest BCUT2D eigenvalue weighted by atomic mass is 16.6. The van der Waals surface area contributed by atoms with Crippen LogP contribution in [-0.4, -0.2) is 37.5 Å². The molecule has 0 aliphatic rings. The van der Waals surface area contributed by atoms with Crippen LogP contribution in [0.25, 0.3) is 0 Å². The second-order valence-corrected chi connectivity index (χ2v) is 4.44. The van der Waals surface area contributed by atoms with Crippen LogP contribution in [0.15, 0.2) is 18.2 Å². The normalized spacial score (nSPS) is 12.0. The molecule has 0 radical (unpaired) electrons. The summed E-state index contributed by atoms with van der Waals surface area (Å²) in [5, 5.41) is 10.9. The van der Waals surface area contributed by atoms with Crippen molar-refractivity contribution in [1.82, 2.24) is 0 Å². The third-order valence-electron chi connectivity index (χ3n) is 2.93. The SMILES string of the molecule is COC(C)CN(C)c1ccc([N+](=O)[O-])c(C(C)=O)c1. The number of hydrogen-bond acceptors (Lipinski definition) is 5. The third-order valence-corrected chi connectivity index (χ3v) is 2.93. The maximum absolute atomic E-state index is 11.5. The molecule has 1 aromatic rings. The van der Waals surface area contributed by atoms with Crippen LogP contribution in [0.3, 0.4) is 0 Å². The van der Waals surface area contributed by atoms with E-state index in [-0.39, 0.29) is 23.1 Å². The van der Waals surface area contributed by atoms with E-state index in [1.54, 1.807) is 19.2 Å². The molecule has 1 rings (SSSR count). The van der Waals surface area contributed by atoms with Crippen LogP contribution in [0.5, 0.6) is 0 Å². The van der Waals surface area contributed by atoms with Crippen molar-refractivity contribution < 1.29 is 14.5 Å². The quantitative estimate of drug-likeness (QED) is 0.448. The van der Waals surface area contributed by atoms with Gasteiger partial charge in [-0.1, -0.05) is 0 Å². The van der Waals surface area contributed by atoms with Gasteiger partial charge in [-0.15, -0.1) is 0 Å². The number of carbonyl (C=O) groups excluding carboxylic acids is 1. The predicted octanol–water partition coefficient (Wildman–Crippen LogP) is 2.27. The zero-order chi connectivity index (χ0) is 14.6. The van der Waals surface area contributed by atoms with Crippen LogP contribution in [-0.2, 0) is 4.74 Å². The Balaban J connectivity index is 3.08. The number of nitro groups is 1. The first kappa shape index (κ1) is 15.1. The van der Waals surface area contributed by atoms with Gasteiger partial charge in [-0.05, 0) is 26.0 Å². The molecule has 104 valence electrons. The third kappa shape index (κ3) is 3.75. The van der Waals surface area contributed by atoms with Gasteiger partial charge in [0.25, 0.3) is 5.69 Å². The molecule has 0 N–H and O–H groups in total. The fourth-order valence-corrected chi connectivity index (χ4v) is 1.77. The number of anilines is 1. The molecule has 1 unspecified atom stereocenters. The zero-order valence-electron chi connectivity index (χ0n) is 11.5. The van der Waals surface area contributed by atoms with E-state index in [1.165, 1.54) is 13.0 Å². The van der Waals surface area contributed by atoms with Crippen LogP contribution in [0.2, 0.25) is 0 Å². The van der Waals surface area contributed by atoms with Gasteiger partial charge in [-0.3, -0.25) is 14.9 Å². The minimum absolute atomic E-state index is 0.0287. The Kier molecular flexibility index (Phi) is 5.00. The van der Waals surface area contributed by atoms with E-state index in [4.69, 9.17) is 4.74 Å². The lowest BCUT2D eigenvalue weighted by Crippen LogP contribution is -2.28. The second-order valence-electron chi connectivity index (χ2n) is 4.44. The smallest absolute Gasteiger partial charge is 0.280 e. The Morgan fingerprint density at radius 2 is 2.16 bits per heavy atom. The molecule has 0 saturated heterocycles. The van der Waals surface area contributed by atoms with Crippen molar-refractivity contribution in [1.29, 1.82) is 0 Å². The van der Waals surface area contributed by atoms with Crippen molar-refractivity contribution >= 4 is 17.2 Å². The van der Waals surface area contributed by atoms with Crippen LogP contribution in [0.4, 0.5) is 11.4 Å². The number of nitro benzene ring substituents is 1. The maximum Gasteiger partial charge on any atom is 0.280 e. The lowest BCUT2D eigenvalue weighted by atomic mass is 10.1. The van der Waals surface area contributed by atoms with Gasteiger partial charge in [0.15, 0.2) is 5.78 Å². The molecule has 19 heavy (non-hydrogen) atoms. The van der Waals surface area contributed by atoms with Crippen LogP contribution in [0, 0.1) is 10.1 Å². The van der Waals surface area contributed by atoms with E-state index in [2.05, 4.69) is 0 Å². The van der Waals surface area contributed by atoms with Gasteiger partial charge in [0.05, 0.1) is 16.6 Å². The Labute approximate surface area is 112 Å². The minimum atomic E-state index is -0.543. The molecule has 6 heteroatoms. The topological polar surface area (TPSA) is 72.7 Å². The van der Waals surface area contributed by atoms with E-state index in [0.717, 1.165) is 5.69 Å². The molecule has 0 fully saturated rings. The first-order valence-corrected chi connectivity index (χ1v) is 5.90. The van der Waals surface area contributed by atoms with E-state index in [1.807, 2.05) is 18.9 Å². The summed E-state index contributed by atoms with van der Waals surface area (Å²) in [5.74, 6) is -0.318. The second kappa shape index (κ2) is 6.29. The predicted molar refractivity (Wildman–Crippen MR) is 72.8 cm³/mol. The molecule has 0 bridgehead atoms. The summed E-state index contributed by atoms with van der Waals surface area (Å²) in [4.78, 5) is 23.7. The number of carbonyl (C=O) groups is 1. The number of benzene rings is 1. The van der Waals surface area contributed by atoms with Gasteiger partial charge in [0.2, 0.25) is 0 Å². The summed E-state index contributed by atoms with van der Waals surface area (Å²) in [7, 11) is 3.47. The molecule has 0 spiro atoms. The number of nitrogens with zero attached hydrogens (tertiary/aromatic N) is 2. The van der Waals surface area contributed by atoms with Crippen molar-refractivity contribution in [3.8, 4) is 0 Å². The van der Waals surface area contributed by atoms with Crippen molar-refractivity contribution in [2.24, 2.45) is 0 Å². The summed E-state index contributed by atoms with van der Waals surface area (Å²) in [6.07, 6.45) is 0.0287. The summed E-state index contributed by atoms with van der Waals surface area (Å²) in [6.45, 7) is 3.88. The molecule has 0 aliphatic heterocycles. The number of ketones is 1. The van der Waals surface area contributed by atoms with Gasteiger partial charge in [0, 0.05) is 32.5 Å². The van der Waals surface area contributed by atoms with Gasteiger partial charge in [-0.2, -0.15) is 0 Å². The Hall–Kier alpha value is -1.95. The minimum Gasteiger partial charge on any atom is -0.380 e. The molecule has 1 atom stereocenters. The van der Waals surface area contributed by atoms with Gasteiger partial charge >= 0.3 is 0 Å². The van der Waals surface area contributed by atoms with Gasteiger partial charge < -0.3 is 9.64 Å². The number of hydrogen-bond donors (Lipinski definition) is 0. The molecule has 0 heterocycles. The highest BCUT2D eigenvalue weighted by molar-refractivity contribution is 5.99. The van der Waals surface area contributed by atoms with E-state index >= 15 is 0 Å². The van der Waals surface area contributed by atoms with E-state index < -0.39 is 4.92 Å². The molecule has 6 nitrogen and oxygen atoms in total. The van der Waals surface area contributed by atoms with Crippen molar-refractivity contribution in [3.63, 3.8) is 0 Å².